The number of rotatable bonds is 17. The lowest BCUT2D eigenvalue weighted by atomic mass is 9.72. The number of nitrogens with zero attached hydrogens (tertiary/aromatic N) is 2. The Morgan fingerprint density at radius 2 is 1.74 bits per heavy atom. The van der Waals surface area contributed by atoms with Crippen LogP contribution in [0, 0.1) is 11.3 Å². The highest BCUT2D eigenvalue weighted by Crippen LogP contribution is 2.40. The second-order valence-electron chi connectivity index (χ2n) is 14.9. The summed E-state index contributed by atoms with van der Waals surface area (Å²) in [7, 11) is 0. The van der Waals surface area contributed by atoms with Crippen LogP contribution in [0.5, 0.6) is 0 Å². The van der Waals surface area contributed by atoms with Crippen LogP contribution in [0.25, 0.3) is 0 Å². The maximum atomic E-state index is 13.6. The second kappa shape index (κ2) is 19.7. The fourth-order valence-corrected chi connectivity index (χ4v) is 7.37. The number of carbonyl (C=O) groups excluding carboxylic acids is 5. The summed E-state index contributed by atoms with van der Waals surface area (Å²) >= 11 is 0. The average Bonchev–Trinajstić information content (AvgIpc) is 3.73. The molecule has 9 nitrogen and oxygen atoms in total. The molecule has 1 aliphatic carbocycles. The van der Waals surface area contributed by atoms with Gasteiger partial charge in [-0.2, -0.15) is 0 Å². The van der Waals surface area contributed by atoms with Crippen LogP contribution in [0.3, 0.4) is 0 Å². The van der Waals surface area contributed by atoms with Crippen molar-refractivity contribution in [1.29, 1.82) is 0 Å². The monoisotopic (exact) mass is 691 g/mol. The molecule has 3 atom stereocenters. The predicted molar refractivity (Wildman–Crippen MR) is 198 cm³/mol. The third kappa shape index (κ3) is 12.3. The quantitative estimate of drug-likeness (QED) is 0.135. The topological polar surface area (TPSA) is 113 Å². The Labute approximate surface area is 300 Å². The molecule has 0 aromatic heterocycles. The first-order valence-electron chi connectivity index (χ1n) is 18.7. The van der Waals surface area contributed by atoms with E-state index in [4.69, 9.17) is 4.74 Å². The summed E-state index contributed by atoms with van der Waals surface area (Å²) in [5, 5.41) is 2.70. The highest BCUT2D eigenvalue weighted by atomic mass is 16.5. The fraction of sp³-hybridized carbons (Fsp3) is 0.634. The number of likely N-dealkylation sites (tertiary alicyclic amines) is 2. The van der Waals surface area contributed by atoms with Gasteiger partial charge in [-0.05, 0) is 95.4 Å². The molecule has 0 saturated carbocycles. The van der Waals surface area contributed by atoms with Gasteiger partial charge in [0.25, 0.3) is 0 Å². The Hall–Kier alpha value is -3.59. The number of hydrogen-bond acceptors (Lipinski definition) is 7. The Balaban J connectivity index is 1.45. The van der Waals surface area contributed by atoms with Gasteiger partial charge in [-0.25, -0.2) is 0 Å². The predicted octanol–water partition coefficient (Wildman–Crippen LogP) is 6.60. The van der Waals surface area contributed by atoms with Gasteiger partial charge in [-0.1, -0.05) is 74.8 Å². The van der Waals surface area contributed by atoms with Crippen LogP contribution in [0.2, 0.25) is 0 Å². The first kappa shape index (κ1) is 40.8. The number of esters is 1. The van der Waals surface area contributed by atoms with Gasteiger partial charge in [0.2, 0.25) is 11.8 Å². The van der Waals surface area contributed by atoms with E-state index < -0.39 is 12.0 Å². The van der Waals surface area contributed by atoms with Crippen molar-refractivity contribution in [1.82, 2.24) is 15.1 Å². The molecule has 1 N–H and O–H groups in total. The molecular weight excluding hydrogens is 630 g/mol. The highest BCUT2D eigenvalue weighted by Gasteiger charge is 2.44. The summed E-state index contributed by atoms with van der Waals surface area (Å²) in [5.74, 6) is -1.25. The Morgan fingerprint density at radius 1 is 0.980 bits per heavy atom. The minimum atomic E-state index is -0.718. The number of carbonyl (C=O) groups is 5. The number of allylic oxidation sites excluding steroid dienone is 9. The van der Waals surface area contributed by atoms with E-state index in [0.717, 1.165) is 37.1 Å². The van der Waals surface area contributed by atoms with Gasteiger partial charge in [-0.3, -0.25) is 28.9 Å². The van der Waals surface area contributed by atoms with E-state index in [9.17, 15) is 24.0 Å². The molecule has 0 spiro atoms. The van der Waals surface area contributed by atoms with Crippen LogP contribution in [-0.2, 0) is 28.7 Å². The molecule has 3 unspecified atom stereocenters. The molecule has 276 valence electrons. The first-order chi connectivity index (χ1) is 23.7. The normalized spacial score (nSPS) is 23.3. The summed E-state index contributed by atoms with van der Waals surface area (Å²) in [5.41, 5.74) is 5.25. The van der Waals surface area contributed by atoms with Crippen molar-refractivity contribution in [2.24, 2.45) is 11.3 Å². The van der Waals surface area contributed by atoms with Gasteiger partial charge < -0.3 is 15.0 Å². The van der Waals surface area contributed by atoms with E-state index >= 15 is 0 Å². The van der Waals surface area contributed by atoms with Crippen LogP contribution in [0.4, 0.5) is 0 Å². The third-order valence-corrected chi connectivity index (χ3v) is 10.4. The van der Waals surface area contributed by atoms with E-state index in [-0.39, 0.29) is 73.2 Å². The number of ketones is 2. The van der Waals surface area contributed by atoms with Crippen molar-refractivity contribution < 1.29 is 28.7 Å². The Bertz CT molecular complexity index is 1400. The first-order valence-corrected chi connectivity index (χ1v) is 18.7. The summed E-state index contributed by atoms with van der Waals surface area (Å²) in [6.45, 7) is 16.6. The van der Waals surface area contributed by atoms with Gasteiger partial charge in [0, 0.05) is 25.8 Å². The molecule has 0 aromatic rings. The molecule has 3 aliphatic rings. The summed E-state index contributed by atoms with van der Waals surface area (Å²) in [6, 6.07) is -0.987. The molecule has 50 heavy (non-hydrogen) atoms. The number of ether oxygens (including phenoxy) is 1. The zero-order valence-corrected chi connectivity index (χ0v) is 31.6. The van der Waals surface area contributed by atoms with Gasteiger partial charge in [0.05, 0.1) is 19.0 Å². The third-order valence-electron chi connectivity index (χ3n) is 10.4. The Morgan fingerprint density at radius 3 is 2.44 bits per heavy atom. The van der Waals surface area contributed by atoms with Crippen molar-refractivity contribution in [3.63, 3.8) is 0 Å². The van der Waals surface area contributed by atoms with Crippen LogP contribution >= 0.6 is 0 Å². The summed E-state index contributed by atoms with van der Waals surface area (Å²) < 4.78 is 5.35. The van der Waals surface area contributed by atoms with Crippen LogP contribution in [0.1, 0.15) is 113 Å². The van der Waals surface area contributed by atoms with Crippen molar-refractivity contribution in [2.75, 3.05) is 32.8 Å². The highest BCUT2D eigenvalue weighted by molar-refractivity contribution is 5.93. The second-order valence-corrected chi connectivity index (χ2v) is 14.9. The van der Waals surface area contributed by atoms with Crippen LogP contribution < -0.4 is 5.32 Å². The zero-order valence-electron chi connectivity index (χ0n) is 31.6. The van der Waals surface area contributed by atoms with Crippen molar-refractivity contribution >= 4 is 29.4 Å². The lowest BCUT2D eigenvalue weighted by Crippen LogP contribution is -2.52. The fourth-order valence-electron chi connectivity index (χ4n) is 7.37. The van der Waals surface area contributed by atoms with E-state index in [1.807, 2.05) is 32.1 Å². The molecule has 0 aromatic carbocycles. The van der Waals surface area contributed by atoms with Gasteiger partial charge >= 0.3 is 5.97 Å². The maximum absolute atomic E-state index is 13.6. The Kier molecular flexibility index (Phi) is 16.1. The lowest BCUT2D eigenvalue weighted by Gasteiger charge is -2.32. The standard InChI is InChI=1S/C41H61N3O6/c1-8-33(45)27-42-39(48)37-26-32(28-44(37)40(49)36-16-12-23-43(36)9-2)25-34(46)18-20-38(47)50-24-21-30(4)14-10-13-29(3)17-19-35-31(5)15-11-22-41(35,6)7/h10,13-14,17,19,21,32,36-37H,8-9,11-12,15-16,18,20,22-28H2,1-7H3,(H,42,48)/b14-10+,19-17+,29-13+,30-21+. The number of hydrogen-bond donors (Lipinski definition) is 1. The maximum Gasteiger partial charge on any atom is 0.306 e. The minimum absolute atomic E-state index is 0.0194. The van der Waals surface area contributed by atoms with Gasteiger partial charge in [-0.15, -0.1) is 0 Å². The smallest absolute Gasteiger partial charge is 0.306 e. The van der Waals surface area contributed by atoms with E-state index in [1.165, 1.54) is 30.4 Å². The zero-order chi connectivity index (χ0) is 36.8. The molecule has 2 amide bonds. The van der Waals surface area contributed by atoms with Crippen molar-refractivity contribution in [3.05, 3.63) is 58.7 Å². The number of nitrogens with one attached hydrogen (secondary N) is 1. The number of amides is 2. The summed E-state index contributed by atoms with van der Waals surface area (Å²) in [6.07, 6.45) is 18.5. The molecule has 2 fully saturated rings. The lowest BCUT2D eigenvalue weighted by molar-refractivity contribution is -0.143. The molecule has 9 heteroatoms. The molecular formula is C41H61N3O6. The minimum Gasteiger partial charge on any atom is -0.461 e. The molecule has 3 rings (SSSR count). The van der Waals surface area contributed by atoms with Crippen LogP contribution in [-0.4, -0.2) is 84.0 Å². The summed E-state index contributed by atoms with van der Waals surface area (Å²) in [4.78, 5) is 67.6. The largest absolute Gasteiger partial charge is 0.461 e. The molecule has 2 heterocycles. The van der Waals surface area contributed by atoms with Crippen molar-refractivity contribution in [2.45, 2.75) is 125 Å². The average molecular weight is 692 g/mol. The van der Waals surface area contributed by atoms with E-state index in [2.05, 4.69) is 56.1 Å². The molecule has 2 aliphatic heterocycles. The van der Waals surface area contributed by atoms with E-state index in [0.29, 0.717) is 19.4 Å². The number of likely N-dealkylation sites (N-methyl/N-ethyl adjacent to an activating group) is 1. The van der Waals surface area contributed by atoms with Crippen LogP contribution in [0.15, 0.2) is 58.7 Å². The molecule has 0 radical (unpaired) electrons. The van der Waals surface area contributed by atoms with Gasteiger partial charge in [0.1, 0.15) is 18.4 Å². The molecule has 2 saturated heterocycles. The van der Waals surface area contributed by atoms with E-state index in [1.54, 1.807) is 11.8 Å². The van der Waals surface area contributed by atoms with Crippen molar-refractivity contribution in [3.8, 4) is 0 Å². The number of Topliss-reactive ketones (excluding diaryl/α,β-unsaturated/α-hetero) is 2. The molecule has 0 bridgehead atoms. The van der Waals surface area contributed by atoms with Gasteiger partial charge in [0.15, 0.2) is 5.78 Å². The SMILES string of the molecule is CCC(=O)CNC(=O)C1CC(CC(=O)CCC(=O)OC/C=C(C)/C=C/C=C(C)/C=C/C2=C(C)CCCC2(C)C)CN1C(=O)C1CCCN1CC.